The SMILES string of the molecule is Fc1ccc(F)c([C@H]2C[C@H](F)CN2c2ccc3ncc(Cl)c(-c4cnn([C@H]5CCCNC5)c4)c3n2)c1. The summed E-state index contributed by atoms with van der Waals surface area (Å²) in [5, 5.41) is 8.39. The molecule has 36 heavy (non-hydrogen) atoms. The number of rotatable bonds is 4. The van der Waals surface area contributed by atoms with Crippen LogP contribution in [0.25, 0.3) is 22.2 Å². The number of aromatic nitrogens is 4. The minimum Gasteiger partial charge on any atom is -0.346 e. The molecule has 186 valence electrons. The van der Waals surface area contributed by atoms with E-state index in [2.05, 4.69) is 15.4 Å². The van der Waals surface area contributed by atoms with Crippen LogP contribution in [0.1, 0.15) is 36.9 Å². The topological polar surface area (TPSA) is 58.9 Å². The second-order valence-corrected chi connectivity index (χ2v) is 9.80. The predicted octanol–water partition coefficient (Wildman–Crippen LogP) is 5.64. The highest BCUT2D eigenvalue weighted by molar-refractivity contribution is 6.34. The molecule has 2 aliphatic heterocycles. The number of halogens is 4. The lowest BCUT2D eigenvalue weighted by Gasteiger charge is -2.26. The number of hydrogen-bond acceptors (Lipinski definition) is 5. The highest BCUT2D eigenvalue weighted by Crippen LogP contribution is 2.40. The standard InChI is InChI=1S/C26H24ClF3N6/c27-20-12-32-22-5-6-24(35-14-17(29)9-23(35)19-8-16(28)3-4-21(19)30)34-26(22)25(20)15-10-33-36(13-15)18-2-1-7-31-11-18/h3-6,8,10,12-13,17-18,23,31H,1-2,7,9,11,14H2/t17-,18-,23+/m0/s1. The van der Waals surface area contributed by atoms with Crippen LogP contribution in [-0.4, -0.2) is 45.6 Å². The summed E-state index contributed by atoms with van der Waals surface area (Å²) >= 11 is 6.61. The Morgan fingerprint density at radius 2 is 2.00 bits per heavy atom. The molecular formula is C26H24ClF3N6. The molecule has 0 aliphatic carbocycles. The number of anilines is 1. The lowest BCUT2D eigenvalue weighted by atomic mass is 10.0. The maximum absolute atomic E-state index is 14.6. The van der Waals surface area contributed by atoms with E-state index in [4.69, 9.17) is 16.6 Å². The van der Waals surface area contributed by atoms with Crippen LogP contribution in [0.2, 0.25) is 5.02 Å². The van der Waals surface area contributed by atoms with Crippen molar-refractivity contribution >= 4 is 28.5 Å². The Labute approximate surface area is 211 Å². The first-order valence-electron chi connectivity index (χ1n) is 12.0. The van der Waals surface area contributed by atoms with E-state index >= 15 is 0 Å². The van der Waals surface area contributed by atoms with Gasteiger partial charge in [0.1, 0.15) is 29.1 Å². The van der Waals surface area contributed by atoms with Crippen LogP contribution < -0.4 is 10.2 Å². The third-order valence-corrected chi connectivity index (χ3v) is 7.33. The minimum absolute atomic E-state index is 0.0229. The monoisotopic (exact) mass is 512 g/mol. The van der Waals surface area contributed by atoms with Crippen molar-refractivity contribution < 1.29 is 13.2 Å². The van der Waals surface area contributed by atoms with Gasteiger partial charge in [0.05, 0.1) is 35.4 Å². The second kappa shape index (κ2) is 9.37. The first-order chi connectivity index (χ1) is 17.5. The van der Waals surface area contributed by atoms with Crippen molar-refractivity contribution in [2.24, 2.45) is 0 Å². The van der Waals surface area contributed by atoms with Crippen molar-refractivity contribution in [2.45, 2.75) is 37.5 Å². The van der Waals surface area contributed by atoms with E-state index in [9.17, 15) is 13.2 Å². The quantitative estimate of drug-likeness (QED) is 0.383. The fourth-order valence-corrected chi connectivity index (χ4v) is 5.54. The minimum atomic E-state index is -1.20. The van der Waals surface area contributed by atoms with E-state index in [1.165, 1.54) is 0 Å². The summed E-state index contributed by atoms with van der Waals surface area (Å²) in [6.07, 6.45) is 6.28. The number of pyridine rings is 2. The third kappa shape index (κ3) is 4.20. The molecule has 1 N–H and O–H groups in total. The maximum atomic E-state index is 14.6. The number of nitrogens with zero attached hydrogens (tertiary/aromatic N) is 5. The van der Waals surface area contributed by atoms with Crippen LogP contribution >= 0.6 is 11.6 Å². The number of hydrogen-bond donors (Lipinski definition) is 1. The smallest absolute Gasteiger partial charge is 0.130 e. The molecule has 0 radical (unpaired) electrons. The number of benzene rings is 1. The molecule has 0 spiro atoms. The lowest BCUT2D eigenvalue weighted by Crippen LogP contribution is -2.31. The Morgan fingerprint density at radius 1 is 1.11 bits per heavy atom. The van der Waals surface area contributed by atoms with Gasteiger partial charge in [-0.05, 0) is 49.7 Å². The zero-order valence-corrected chi connectivity index (χ0v) is 20.1. The summed E-state index contributed by atoms with van der Waals surface area (Å²) in [5.41, 5.74) is 2.77. The zero-order chi connectivity index (χ0) is 24.8. The van der Waals surface area contributed by atoms with Crippen molar-refractivity contribution in [3.8, 4) is 11.1 Å². The number of fused-ring (bicyclic) bond motifs is 1. The molecule has 2 aliphatic rings. The number of alkyl halides is 1. The van der Waals surface area contributed by atoms with Gasteiger partial charge >= 0.3 is 0 Å². The van der Waals surface area contributed by atoms with Crippen molar-refractivity contribution in [2.75, 3.05) is 24.5 Å². The van der Waals surface area contributed by atoms with E-state index in [-0.39, 0.29) is 24.6 Å². The van der Waals surface area contributed by atoms with Crippen LogP contribution in [0.3, 0.4) is 0 Å². The molecule has 1 aromatic carbocycles. The van der Waals surface area contributed by atoms with Gasteiger partial charge in [-0.15, -0.1) is 0 Å². The van der Waals surface area contributed by atoms with Gasteiger partial charge in [-0.3, -0.25) is 9.67 Å². The van der Waals surface area contributed by atoms with Gasteiger partial charge in [0.2, 0.25) is 0 Å². The molecule has 0 unspecified atom stereocenters. The summed E-state index contributed by atoms with van der Waals surface area (Å²) in [5.74, 6) is -0.689. The molecule has 10 heteroatoms. The van der Waals surface area contributed by atoms with E-state index < -0.39 is 23.8 Å². The average molecular weight is 513 g/mol. The molecule has 4 aromatic rings. The van der Waals surface area contributed by atoms with Crippen molar-refractivity contribution in [1.82, 2.24) is 25.1 Å². The molecule has 5 heterocycles. The van der Waals surface area contributed by atoms with Crippen LogP contribution in [0.4, 0.5) is 19.0 Å². The van der Waals surface area contributed by atoms with E-state index in [0.29, 0.717) is 27.4 Å². The molecule has 3 atom stereocenters. The van der Waals surface area contributed by atoms with Gasteiger partial charge in [0.15, 0.2) is 0 Å². The summed E-state index contributed by atoms with van der Waals surface area (Å²) in [4.78, 5) is 10.9. The molecule has 0 saturated carbocycles. The molecule has 6 rings (SSSR count). The van der Waals surface area contributed by atoms with Gasteiger partial charge in [0, 0.05) is 42.0 Å². The fourth-order valence-electron chi connectivity index (χ4n) is 5.30. The van der Waals surface area contributed by atoms with Gasteiger partial charge in [-0.25, -0.2) is 18.2 Å². The number of nitrogens with one attached hydrogen (secondary N) is 1. The molecule has 3 aromatic heterocycles. The summed E-state index contributed by atoms with van der Waals surface area (Å²) in [6.45, 7) is 1.88. The first kappa shape index (κ1) is 23.2. The zero-order valence-electron chi connectivity index (χ0n) is 19.3. The summed E-state index contributed by atoms with van der Waals surface area (Å²) in [6, 6.07) is 6.36. The molecule has 2 saturated heterocycles. The maximum Gasteiger partial charge on any atom is 0.130 e. The lowest BCUT2D eigenvalue weighted by molar-refractivity contribution is 0.347. The van der Waals surface area contributed by atoms with Gasteiger partial charge in [-0.1, -0.05) is 11.6 Å². The van der Waals surface area contributed by atoms with Crippen LogP contribution in [0.5, 0.6) is 0 Å². The van der Waals surface area contributed by atoms with Crippen LogP contribution in [0.15, 0.2) is 48.9 Å². The van der Waals surface area contributed by atoms with Crippen molar-refractivity contribution in [3.05, 3.63) is 71.1 Å². The Balaban J connectivity index is 1.42. The average Bonchev–Trinajstić information content (AvgIpc) is 3.53. The molecule has 0 amide bonds. The highest BCUT2D eigenvalue weighted by atomic mass is 35.5. The highest BCUT2D eigenvalue weighted by Gasteiger charge is 2.36. The second-order valence-electron chi connectivity index (χ2n) is 9.39. The molecule has 0 bridgehead atoms. The normalized spacial score (nSPS) is 22.4. The first-order valence-corrected chi connectivity index (χ1v) is 12.4. The van der Waals surface area contributed by atoms with E-state index in [1.807, 2.05) is 10.9 Å². The fraction of sp³-hybridized carbons (Fsp3) is 0.346. The van der Waals surface area contributed by atoms with Gasteiger partial charge in [-0.2, -0.15) is 5.10 Å². The Kier molecular flexibility index (Phi) is 6.05. The van der Waals surface area contributed by atoms with E-state index in [1.54, 1.807) is 29.4 Å². The van der Waals surface area contributed by atoms with E-state index in [0.717, 1.165) is 49.7 Å². The summed E-state index contributed by atoms with van der Waals surface area (Å²) in [7, 11) is 0. The Hall–Kier alpha value is -3.17. The summed E-state index contributed by atoms with van der Waals surface area (Å²) < 4.78 is 45.1. The van der Waals surface area contributed by atoms with Crippen molar-refractivity contribution in [1.29, 1.82) is 0 Å². The Morgan fingerprint density at radius 3 is 2.83 bits per heavy atom. The Bertz CT molecular complexity index is 1420. The van der Waals surface area contributed by atoms with Crippen LogP contribution in [-0.2, 0) is 0 Å². The molecular weight excluding hydrogens is 489 g/mol. The van der Waals surface area contributed by atoms with Gasteiger partial charge in [0.25, 0.3) is 0 Å². The number of piperidine rings is 1. The largest absolute Gasteiger partial charge is 0.346 e. The molecule has 6 nitrogen and oxygen atoms in total. The van der Waals surface area contributed by atoms with Crippen LogP contribution in [0, 0.1) is 11.6 Å². The van der Waals surface area contributed by atoms with Gasteiger partial charge < -0.3 is 10.2 Å². The molecule has 2 fully saturated rings. The van der Waals surface area contributed by atoms with Crippen molar-refractivity contribution in [3.63, 3.8) is 0 Å². The third-order valence-electron chi connectivity index (χ3n) is 7.05. The predicted molar refractivity (Wildman–Crippen MR) is 133 cm³/mol.